The van der Waals surface area contributed by atoms with Crippen molar-refractivity contribution < 1.29 is 13.2 Å². The summed E-state index contributed by atoms with van der Waals surface area (Å²) in [5, 5.41) is 7.87. The second-order valence-electron chi connectivity index (χ2n) is 5.98. The van der Waals surface area contributed by atoms with E-state index in [1.54, 1.807) is 12.1 Å². The summed E-state index contributed by atoms with van der Waals surface area (Å²) in [7, 11) is -3.77. The van der Waals surface area contributed by atoms with E-state index in [4.69, 9.17) is 5.14 Å². The normalized spacial score (nSPS) is 21.3. The van der Waals surface area contributed by atoms with E-state index in [-0.39, 0.29) is 16.8 Å². The van der Waals surface area contributed by atoms with Crippen molar-refractivity contribution in [1.82, 2.24) is 4.90 Å². The van der Waals surface area contributed by atoms with Crippen molar-refractivity contribution in [2.75, 3.05) is 18.4 Å². The van der Waals surface area contributed by atoms with Gasteiger partial charge in [0.05, 0.1) is 10.9 Å². The van der Waals surface area contributed by atoms with Gasteiger partial charge >= 0.3 is 0 Å². The van der Waals surface area contributed by atoms with Crippen LogP contribution < -0.4 is 10.5 Å². The highest BCUT2D eigenvalue weighted by Crippen LogP contribution is 2.19. The Morgan fingerprint density at radius 1 is 1.45 bits per heavy atom. The standard InChI is InChI=1S/C15H23N3O3S/c1-11-5-4-8-18(10-11)12(2)15(19)17-13-6-3-7-14(9-13)22(16,20)21/h3,6-7,9,11-12H,4-5,8,10H2,1-2H3,(H,17,19)(H2,16,20,21)/t11-,12-/m1/s1. The molecule has 7 heteroatoms. The Morgan fingerprint density at radius 2 is 2.18 bits per heavy atom. The Kier molecular flexibility index (Phi) is 5.20. The van der Waals surface area contributed by atoms with Crippen molar-refractivity contribution in [3.63, 3.8) is 0 Å². The van der Waals surface area contributed by atoms with Crippen LogP contribution in [-0.2, 0) is 14.8 Å². The van der Waals surface area contributed by atoms with Gasteiger partial charge in [-0.05, 0) is 50.4 Å². The van der Waals surface area contributed by atoms with Gasteiger partial charge in [-0.25, -0.2) is 13.6 Å². The van der Waals surface area contributed by atoms with E-state index in [1.807, 2.05) is 6.92 Å². The van der Waals surface area contributed by atoms with Crippen LogP contribution in [-0.4, -0.2) is 38.4 Å². The number of nitrogens with zero attached hydrogens (tertiary/aromatic N) is 1. The van der Waals surface area contributed by atoms with Crippen LogP contribution in [0.15, 0.2) is 29.2 Å². The molecule has 0 saturated carbocycles. The topological polar surface area (TPSA) is 92.5 Å². The van der Waals surface area contributed by atoms with E-state index in [2.05, 4.69) is 17.1 Å². The zero-order chi connectivity index (χ0) is 16.3. The maximum atomic E-state index is 12.3. The van der Waals surface area contributed by atoms with Gasteiger partial charge in [0.15, 0.2) is 0 Å². The summed E-state index contributed by atoms with van der Waals surface area (Å²) in [5.74, 6) is 0.454. The van der Waals surface area contributed by atoms with Gasteiger partial charge in [-0.2, -0.15) is 0 Å². The number of benzene rings is 1. The van der Waals surface area contributed by atoms with Crippen molar-refractivity contribution in [3.8, 4) is 0 Å². The number of likely N-dealkylation sites (tertiary alicyclic amines) is 1. The molecule has 1 aliphatic heterocycles. The number of carbonyl (C=O) groups is 1. The van der Waals surface area contributed by atoms with Crippen LogP contribution in [0.3, 0.4) is 0 Å². The minimum Gasteiger partial charge on any atom is -0.325 e. The second kappa shape index (κ2) is 6.76. The van der Waals surface area contributed by atoms with Gasteiger partial charge in [0.2, 0.25) is 15.9 Å². The van der Waals surface area contributed by atoms with Gasteiger partial charge in [-0.1, -0.05) is 13.0 Å². The largest absolute Gasteiger partial charge is 0.325 e. The lowest BCUT2D eigenvalue weighted by atomic mass is 9.99. The quantitative estimate of drug-likeness (QED) is 0.875. The second-order valence-corrected chi connectivity index (χ2v) is 7.54. The first-order valence-corrected chi connectivity index (χ1v) is 9.00. The molecule has 0 radical (unpaired) electrons. The van der Waals surface area contributed by atoms with Gasteiger partial charge in [-0.15, -0.1) is 0 Å². The summed E-state index contributed by atoms with van der Waals surface area (Å²) in [4.78, 5) is 14.5. The minimum absolute atomic E-state index is 0.00968. The first-order chi connectivity index (χ1) is 10.3. The number of nitrogens with two attached hydrogens (primary N) is 1. The lowest BCUT2D eigenvalue weighted by Crippen LogP contribution is -2.46. The number of rotatable bonds is 4. The van der Waals surface area contributed by atoms with Gasteiger partial charge in [0.1, 0.15) is 0 Å². The number of carbonyl (C=O) groups excluding carboxylic acids is 1. The molecule has 0 aromatic heterocycles. The number of nitrogens with one attached hydrogen (secondary N) is 1. The Morgan fingerprint density at radius 3 is 2.82 bits per heavy atom. The number of anilines is 1. The fourth-order valence-electron chi connectivity index (χ4n) is 2.74. The summed E-state index contributed by atoms with van der Waals surface area (Å²) in [6.07, 6.45) is 2.29. The molecule has 2 atom stereocenters. The molecule has 1 aliphatic rings. The molecule has 1 heterocycles. The predicted molar refractivity (Wildman–Crippen MR) is 85.9 cm³/mol. The molecule has 3 N–H and O–H groups in total. The van der Waals surface area contributed by atoms with E-state index >= 15 is 0 Å². The van der Waals surface area contributed by atoms with Crippen LogP contribution in [0.2, 0.25) is 0 Å². The highest BCUT2D eigenvalue weighted by Gasteiger charge is 2.25. The summed E-state index contributed by atoms with van der Waals surface area (Å²) >= 11 is 0. The van der Waals surface area contributed by atoms with Gasteiger partial charge in [-0.3, -0.25) is 9.69 Å². The van der Waals surface area contributed by atoms with E-state index in [9.17, 15) is 13.2 Å². The van der Waals surface area contributed by atoms with Crippen LogP contribution in [0.25, 0.3) is 0 Å². The number of piperidine rings is 1. The van der Waals surface area contributed by atoms with Crippen LogP contribution >= 0.6 is 0 Å². The third kappa shape index (κ3) is 4.28. The van der Waals surface area contributed by atoms with Crippen LogP contribution in [0.5, 0.6) is 0 Å². The fourth-order valence-corrected chi connectivity index (χ4v) is 3.30. The highest BCUT2D eigenvalue weighted by molar-refractivity contribution is 7.89. The molecule has 1 aromatic rings. The average molecular weight is 325 g/mol. The monoisotopic (exact) mass is 325 g/mol. The molecule has 0 unspecified atom stereocenters. The van der Waals surface area contributed by atoms with E-state index < -0.39 is 10.0 Å². The Labute approximate surface area is 131 Å². The summed E-state index contributed by atoms with van der Waals surface area (Å²) in [6.45, 7) is 5.88. The SMILES string of the molecule is C[C@@H]1CCCN([C@H](C)C(=O)Nc2cccc(S(N)(=O)=O)c2)C1. The number of amides is 1. The summed E-state index contributed by atoms with van der Waals surface area (Å²) in [5.41, 5.74) is 0.438. The summed E-state index contributed by atoms with van der Waals surface area (Å²) < 4.78 is 22.7. The first-order valence-electron chi connectivity index (χ1n) is 7.45. The molecule has 0 aliphatic carbocycles. The molecule has 1 aromatic carbocycles. The molecule has 122 valence electrons. The van der Waals surface area contributed by atoms with E-state index in [1.165, 1.54) is 18.6 Å². The first kappa shape index (κ1) is 16.9. The van der Waals surface area contributed by atoms with E-state index in [0.29, 0.717) is 11.6 Å². The third-order valence-corrected chi connectivity index (χ3v) is 4.96. The molecule has 0 spiro atoms. The van der Waals surface area contributed by atoms with Crippen LogP contribution in [0, 0.1) is 5.92 Å². The van der Waals surface area contributed by atoms with Crippen LogP contribution in [0.4, 0.5) is 5.69 Å². The lowest BCUT2D eigenvalue weighted by Gasteiger charge is -2.34. The van der Waals surface area contributed by atoms with Gasteiger partial charge in [0.25, 0.3) is 0 Å². The highest BCUT2D eigenvalue weighted by atomic mass is 32.2. The average Bonchev–Trinajstić information content (AvgIpc) is 2.46. The summed E-state index contributed by atoms with van der Waals surface area (Å²) in [6, 6.07) is 5.74. The zero-order valence-corrected chi connectivity index (χ0v) is 13.8. The molecule has 6 nitrogen and oxygen atoms in total. The Hall–Kier alpha value is -1.44. The van der Waals surface area contributed by atoms with Crippen molar-refractivity contribution in [2.45, 2.75) is 37.6 Å². The number of hydrogen-bond donors (Lipinski definition) is 2. The van der Waals surface area contributed by atoms with Gasteiger partial charge < -0.3 is 5.32 Å². The maximum Gasteiger partial charge on any atom is 0.241 e. The molecular formula is C15H23N3O3S. The molecular weight excluding hydrogens is 302 g/mol. The fraction of sp³-hybridized carbons (Fsp3) is 0.533. The molecule has 2 rings (SSSR count). The predicted octanol–water partition coefficient (Wildman–Crippen LogP) is 1.39. The zero-order valence-electron chi connectivity index (χ0n) is 13.0. The van der Waals surface area contributed by atoms with E-state index in [0.717, 1.165) is 19.5 Å². The molecule has 22 heavy (non-hydrogen) atoms. The molecule has 1 saturated heterocycles. The van der Waals surface area contributed by atoms with Crippen molar-refractivity contribution in [1.29, 1.82) is 0 Å². The van der Waals surface area contributed by atoms with Crippen molar-refractivity contribution >= 4 is 21.6 Å². The Bertz CT molecular complexity index is 645. The molecule has 1 amide bonds. The molecule has 1 fully saturated rings. The Balaban J connectivity index is 2.05. The van der Waals surface area contributed by atoms with Crippen molar-refractivity contribution in [2.24, 2.45) is 11.1 Å². The number of primary sulfonamides is 1. The smallest absolute Gasteiger partial charge is 0.241 e. The minimum atomic E-state index is -3.77. The molecule has 0 bridgehead atoms. The van der Waals surface area contributed by atoms with Crippen molar-refractivity contribution in [3.05, 3.63) is 24.3 Å². The third-order valence-electron chi connectivity index (χ3n) is 4.05. The van der Waals surface area contributed by atoms with Gasteiger partial charge in [0, 0.05) is 12.2 Å². The maximum absolute atomic E-state index is 12.3. The number of hydrogen-bond acceptors (Lipinski definition) is 4. The number of sulfonamides is 1. The lowest BCUT2D eigenvalue weighted by molar-refractivity contribution is -0.121. The van der Waals surface area contributed by atoms with Crippen LogP contribution in [0.1, 0.15) is 26.7 Å².